The van der Waals surface area contributed by atoms with Gasteiger partial charge in [-0.2, -0.15) is 0 Å². The van der Waals surface area contributed by atoms with Crippen LogP contribution in [0.5, 0.6) is 0 Å². The molecule has 0 amide bonds. The van der Waals surface area contributed by atoms with Gasteiger partial charge in [0.1, 0.15) is 5.60 Å². The van der Waals surface area contributed by atoms with E-state index in [0.717, 1.165) is 4.90 Å². The Kier molecular flexibility index (Phi) is 4.84. The molecule has 4 heteroatoms. The minimum absolute atomic E-state index is 0.0767. The van der Waals surface area contributed by atoms with Crippen LogP contribution < -0.4 is 0 Å². The standard InChI is InChI=1S/C18H18O3S/c1-18(2,21)17(20)13-9-10-14(15(11-13)22-3)16(19)12-7-5-4-6-8-12/h4-11,21H,1-3H3. The molecular formula is C18H18O3S. The van der Waals surface area contributed by atoms with Crippen LogP contribution in [-0.4, -0.2) is 28.5 Å². The molecule has 0 spiro atoms. The van der Waals surface area contributed by atoms with Crippen molar-refractivity contribution in [2.45, 2.75) is 24.3 Å². The molecule has 114 valence electrons. The van der Waals surface area contributed by atoms with Gasteiger partial charge < -0.3 is 5.11 Å². The summed E-state index contributed by atoms with van der Waals surface area (Å²) in [6.45, 7) is 2.91. The Labute approximate surface area is 134 Å². The second-order valence-electron chi connectivity index (χ2n) is 5.50. The van der Waals surface area contributed by atoms with Crippen molar-refractivity contribution in [1.29, 1.82) is 0 Å². The van der Waals surface area contributed by atoms with E-state index in [4.69, 9.17) is 0 Å². The maximum absolute atomic E-state index is 12.6. The average molecular weight is 314 g/mol. The molecule has 0 aliphatic rings. The molecule has 2 rings (SSSR count). The molecule has 2 aromatic carbocycles. The Balaban J connectivity index is 2.43. The SMILES string of the molecule is CSc1cc(C(=O)C(C)(C)O)ccc1C(=O)c1ccccc1. The monoisotopic (exact) mass is 314 g/mol. The van der Waals surface area contributed by atoms with Crippen LogP contribution in [0.2, 0.25) is 0 Å². The van der Waals surface area contributed by atoms with Crippen LogP contribution >= 0.6 is 11.8 Å². The molecule has 0 radical (unpaired) electrons. The third kappa shape index (κ3) is 3.46. The van der Waals surface area contributed by atoms with Gasteiger partial charge in [0, 0.05) is 21.6 Å². The molecule has 0 fully saturated rings. The van der Waals surface area contributed by atoms with E-state index in [9.17, 15) is 14.7 Å². The van der Waals surface area contributed by atoms with E-state index in [1.807, 2.05) is 24.5 Å². The fourth-order valence-corrected chi connectivity index (χ4v) is 2.74. The average Bonchev–Trinajstić information content (AvgIpc) is 2.52. The minimum Gasteiger partial charge on any atom is -0.382 e. The van der Waals surface area contributed by atoms with E-state index in [1.54, 1.807) is 30.3 Å². The topological polar surface area (TPSA) is 54.4 Å². The Morgan fingerprint density at radius 3 is 2.18 bits per heavy atom. The lowest BCUT2D eigenvalue weighted by molar-refractivity contribution is 0.0487. The summed E-state index contributed by atoms with van der Waals surface area (Å²) in [6.07, 6.45) is 1.86. The molecule has 0 aliphatic carbocycles. The van der Waals surface area contributed by atoms with E-state index in [-0.39, 0.29) is 11.6 Å². The number of carbonyl (C=O) groups excluding carboxylic acids is 2. The van der Waals surface area contributed by atoms with Crippen LogP contribution in [0.1, 0.15) is 40.1 Å². The molecular weight excluding hydrogens is 296 g/mol. The normalized spacial score (nSPS) is 11.3. The van der Waals surface area contributed by atoms with Crippen LogP contribution in [0.3, 0.4) is 0 Å². The van der Waals surface area contributed by atoms with Gasteiger partial charge in [0.25, 0.3) is 0 Å². The van der Waals surface area contributed by atoms with Crippen molar-refractivity contribution in [3.05, 3.63) is 65.2 Å². The van der Waals surface area contributed by atoms with Gasteiger partial charge in [-0.15, -0.1) is 11.8 Å². The van der Waals surface area contributed by atoms with Crippen LogP contribution in [0.4, 0.5) is 0 Å². The second-order valence-corrected chi connectivity index (χ2v) is 6.35. The molecule has 0 unspecified atom stereocenters. The molecule has 0 bridgehead atoms. The van der Waals surface area contributed by atoms with Crippen LogP contribution in [0.15, 0.2) is 53.4 Å². The molecule has 0 heterocycles. The van der Waals surface area contributed by atoms with Crippen molar-refractivity contribution < 1.29 is 14.7 Å². The molecule has 0 aliphatic heterocycles. The Morgan fingerprint density at radius 2 is 1.64 bits per heavy atom. The molecule has 0 saturated carbocycles. The highest BCUT2D eigenvalue weighted by Gasteiger charge is 2.26. The fraction of sp³-hybridized carbons (Fsp3) is 0.222. The van der Waals surface area contributed by atoms with Gasteiger partial charge in [0.05, 0.1) is 0 Å². The third-order valence-electron chi connectivity index (χ3n) is 3.30. The molecule has 1 N–H and O–H groups in total. The number of thioether (sulfide) groups is 1. The van der Waals surface area contributed by atoms with Gasteiger partial charge >= 0.3 is 0 Å². The van der Waals surface area contributed by atoms with Gasteiger partial charge in [0.15, 0.2) is 11.6 Å². The lowest BCUT2D eigenvalue weighted by Gasteiger charge is -2.16. The Hall–Kier alpha value is -1.91. The zero-order valence-electron chi connectivity index (χ0n) is 12.8. The maximum atomic E-state index is 12.6. The quantitative estimate of drug-likeness (QED) is 0.677. The smallest absolute Gasteiger partial charge is 0.194 e. The third-order valence-corrected chi connectivity index (χ3v) is 4.08. The van der Waals surface area contributed by atoms with Gasteiger partial charge in [0.2, 0.25) is 0 Å². The number of benzene rings is 2. The van der Waals surface area contributed by atoms with E-state index >= 15 is 0 Å². The highest BCUT2D eigenvalue weighted by atomic mass is 32.2. The zero-order valence-corrected chi connectivity index (χ0v) is 13.6. The van der Waals surface area contributed by atoms with Crippen LogP contribution in [0.25, 0.3) is 0 Å². The van der Waals surface area contributed by atoms with Crippen LogP contribution in [0, 0.1) is 0 Å². The maximum Gasteiger partial charge on any atom is 0.194 e. The predicted molar refractivity (Wildman–Crippen MR) is 88.7 cm³/mol. The Morgan fingerprint density at radius 1 is 1.00 bits per heavy atom. The van der Waals surface area contributed by atoms with Crippen molar-refractivity contribution >= 4 is 23.3 Å². The second kappa shape index (κ2) is 6.46. The number of ketones is 2. The zero-order chi connectivity index (χ0) is 16.3. The number of rotatable bonds is 5. The number of hydrogen-bond acceptors (Lipinski definition) is 4. The summed E-state index contributed by atoms with van der Waals surface area (Å²) in [7, 11) is 0. The largest absolute Gasteiger partial charge is 0.382 e. The van der Waals surface area contributed by atoms with E-state index in [2.05, 4.69) is 0 Å². The van der Waals surface area contributed by atoms with E-state index in [0.29, 0.717) is 16.7 Å². The number of carbonyl (C=O) groups is 2. The summed E-state index contributed by atoms with van der Waals surface area (Å²) >= 11 is 1.41. The van der Waals surface area contributed by atoms with Crippen molar-refractivity contribution in [2.24, 2.45) is 0 Å². The van der Waals surface area contributed by atoms with Crippen LogP contribution in [-0.2, 0) is 0 Å². The first-order chi connectivity index (χ1) is 10.3. The van der Waals surface area contributed by atoms with Crippen molar-refractivity contribution in [2.75, 3.05) is 6.26 Å². The van der Waals surface area contributed by atoms with Gasteiger partial charge in [-0.25, -0.2) is 0 Å². The Bertz CT molecular complexity index is 700. The number of aliphatic hydroxyl groups is 1. The summed E-state index contributed by atoms with van der Waals surface area (Å²) < 4.78 is 0. The molecule has 2 aromatic rings. The lowest BCUT2D eigenvalue weighted by Crippen LogP contribution is -2.31. The van der Waals surface area contributed by atoms with Crippen molar-refractivity contribution in [3.63, 3.8) is 0 Å². The highest BCUT2D eigenvalue weighted by Crippen LogP contribution is 2.26. The van der Waals surface area contributed by atoms with Crippen molar-refractivity contribution in [3.8, 4) is 0 Å². The molecule has 3 nitrogen and oxygen atoms in total. The first-order valence-electron chi connectivity index (χ1n) is 6.89. The highest BCUT2D eigenvalue weighted by molar-refractivity contribution is 7.98. The predicted octanol–water partition coefficient (Wildman–Crippen LogP) is 3.59. The summed E-state index contributed by atoms with van der Waals surface area (Å²) in [5, 5.41) is 9.84. The lowest BCUT2D eigenvalue weighted by atomic mass is 9.94. The number of hydrogen-bond donors (Lipinski definition) is 1. The molecule has 0 saturated heterocycles. The first kappa shape index (κ1) is 16.5. The first-order valence-corrected chi connectivity index (χ1v) is 8.12. The van der Waals surface area contributed by atoms with Gasteiger partial charge in [-0.05, 0) is 32.2 Å². The van der Waals surface area contributed by atoms with E-state index in [1.165, 1.54) is 25.6 Å². The summed E-state index contributed by atoms with van der Waals surface area (Å²) in [6, 6.07) is 13.9. The van der Waals surface area contributed by atoms with Gasteiger partial charge in [-0.1, -0.05) is 36.4 Å². The fourth-order valence-electron chi connectivity index (χ4n) is 2.12. The number of Topliss-reactive ketones (excluding diaryl/α,β-unsaturated/α-hetero) is 1. The summed E-state index contributed by atoms with van der Waals surface area (Å²) in [5.74, 6) is -0.436. The molecule has 0 aromatic heterocycles. The van der Waals surface area contributed by atoms with Crippen molar-refractivity contribution in [1.82, 2.24) is 0 Å². The summed E-state index contributed by atoms with van der Waals surface area (Å²) in [5.41, 5.74) is 0.146. The summed E-state index contributed by atoms with van der Waals surface area (Å²) in [4.78, 5) is 25.4. The molecule has 22 heavy (non-hydrogen) atoms. The van der Waals surface area contributed by atoms with E-state index < -0.39 is 5.60 Å². The minimum atomic E-state index is -1.43. The van der Waals surface area contributed by atoms with Gasteiger partial charge in [-0.3, -0.25) is 9.59 Å². The molecule has 0 atom stereocenters.